The SMILES string of the molecule is NCc1noc(CCn2cccc2)n1. The molecule has 2 rings (SSSR count). The van der Waals surface area contributed by atoms with Crippen LogP contribution in [-0.4, -0.2) is 14.7 Å². The summed E-state index contributed by atoms with van der Waals surface area (Å²) < 4.78 is 7.06. The molecular formula is C9H12N4O. The van der Waals surface area contributed by atoms with Crippen molar-refractivity contribution in [2.45, 2.75) is 19.5 Å². The molecule has 0 saturated heterocycles. The molecule has 0 spiro atoms. The Labute approximate surface area is 81.5 Å². The van der Waals surface area contributed by atoms with Crippen LogP contribution in [0.5, 0.6) is 0 Å². The molecule has 0 amide bonds. The Morgan fingerprint density at radius 2 is 2.14 bits per heavy atom. The molecule has 2 aromatic rings. The van der Waals surface area contributed by atoms with Crippen molar-refractivity contribution in [3.63, 3.8) is 0 Å². The van der Waals surface area contributed by atoms with Crippen molar-refractivity contribution in [2.75, 3.05) is 0 Å². The van der Waals surface area contributed by atoms with Gasteiger partial charge in [-0.2, -0.15) is 4.98 Å². The van der Waals surface area contributed by atoms with E-state index < -0.39 is 0 Å². The molecule has 0 fully saturated rings. The van der Waals surface area contributed by atoms with E-state index >= 15 is 0 Å². The molecule has 2 aromatic heterocycles. The number of hydrogen-bond donors (Lipinski definition) is 1. The Morgan fingerprint density at radius 3 is 2.79 bits per heavy atom. The highest BCUT2D eigenvalue weighted by atomic mass is 16.5. The molecule has 2 heterocycles. The van der Waals surface area contributed by atoms with Gasteiger partial charge in [0.2, 0.25) is 5.89 Å². The molecule has 0 aromatic carbocycles. The van der Waals surface area contributed by atoms with Crippen molar-refractivity contribution in [3.8, 4) is 0 Å². The number of aryl methyl sites for hydroxylation is 2. The lowest BCUT2D eigenvalue weighted by molar-refractivity contribution is 0.367. The normalized spacial score (nSPS) is 10.6. The lowest BCUT2D eigenvalue weighted by atomic mass is 10.4. The topological polar surface area (TPSA) is 69.9 Å². The van der Waals surface area contributed by atoms with E-state index in [9.17, 15) is 0 Å². The Morgan fingerprint density at radius 1 is 1.36 bits per heavy atom. The summed E-state index contributed by atoms with van der Waals surface area (Å²) in [7, 11) is 0. The lowest BCUT2D eigenvalue weighted by Crippen LogP contribution is -2.00. The Hall–Kier alpha value is -1.62. The summed E-state index contributed by atoms with van der Waals surface area (Å²) in [4.78, 5) is 4.11. The maximum absolute atomic E-state index is 5.36. The van der Waals surface area contributed by atoms with Crippen molar-refractivity contribution in [1.29, 1.82) is 0 Å². The maximum atomic E-state index is 5.36. The third-order valence-corrected chi connectivity index (χ3v) is 1.94. The van der Waals surface area contributed by atoms with E-state index in [-0.39, 0.29) is 0 Å². The summed E-state index contributed by atoms with van der Waals surface area (Å²) in [5.74, 6) is 1.20. The fourth-order valence-corrected chi connectivity index (χ4v) is 1.22. The van der Waals surface area contributed by atoms with E-state index in [1.807, 2.05) is 24.5 Å². The number of rotatable bonds is 4. The standard InChI is InChI=1S/C9H12N4O/c10-7-8-11-9(14-12-8)3-6-13-4-1-2-5-13/h1-2,4-5H,3,6-7,10H2. The van der Waals surface area contributed by atoms with E-state index in [2.05, 4.69) is 14.7 Å². The van der Waals surface area contributed by atoms with Gasteiger partial charge in [0.15, 0.2) is 5.82 Å². The Bertz CT molecular complexity index is 379. The highest BCUT2D eigenvalue weighted by molar-refractivity contribution is 4.92. The van der Waals surface area contributed by atoms with Gasteiger partial charge in [-0.05, 0) is 12.1 Å². The Balaban J connectivity index is 1.92. The largest absolute Gasteiger partial charge is 0.354 e. The van der Waals surface area contributed by atoms with Gasteiger partial charge in [0, 0.05) is 25.4 Å². The zero-order chi connectivity index (χ0) is 9.80. The highest BCUT2D eigenvalue weighted by Crippen LogP contribution is 2.00. The molecule has 74 valence electrons. The molecule has 14 heavy (non-hydrogen) atoms. The van der Waals surface area contributed by atoms with Crippen LogP contribution in [-0.2, 0) is 19.5 Å². The van der Waals surface area contributed by atoms with Gasteiger partial charge in [0.05, 0.1) is 6.54 Å². The number of hydrogen-bond acceptors (Lipinski definition) is 4. The summed E-state index contributed by atoms with van der Waals surface area (Å²) in [6.07, 6.45) is 4.74. The van der Waals surface area contributed by atoms with Crippen molar-refractivity contribution in [3.05, 3.63) is 36.2 Å². The molecule has 0 aliphatic heterocycles. The van der Waals surface area contributed by atoms with Crippen LogP contribution in [0.15, 0.2) is 29.0 Å². The highest BCUT2D eigenvalue weighted by Gasteiger charge is 2.03. The summed E-state index contributed by atoms with van der Waals surface area (Å²) in [6.45, 7) is 1.17. The Kier molecular flexibility index (Phi) is 2.60. The average Bonchev–Trinajstić information content (AvgIpc) is 2.86. The van der Waals surface area contributed by atoms with Gasteiger partial charge in [-0.25, -0.2) is 0 Å². The monoisotopic (exact) mass is 192 g/mol. The van der Waals surface area contributed by atoms with Gasteiger partial charge in [-0.15, -0.1) is 0 Å². The second kappa shape index (κ2) is 4.06. The van der Waals surface area contributed by atoms with E-state index in [0.717, 1.165) is 13.0 Å². The molecule has 5 nitrogen and oxygen atoms in total. The van der Waals surface area contributed by atoms with Gasteiger partial charge in [-0.1, -0.05) is 5.16 Å². The van der Waals surface area contributed by atoms with Crippen molar-refractivity contribution < 1.29 is 4.52 Å². The molecular weight excluding hydrogens is 180 g/mol. The van der Waals surface area contributed by atoms with E-state index in [4.69, 9.17) is 10.3 Å². The molecule has 0 bridgehead atoms. The number of nitrogens with zero attached hydrogens (tertiary/aromatic N) is 3. The predicted molar refractivity (Wildman–Crippen MR) is 50.3 cm³/mol. The van der Waals surface area contributed by atoms with E-state index in [1.165, 1.54) is 0 Å². The number of nitrogens with two attached hydrogens (primary N) is 1. The van der Waals surface area contributed by atoms with Gasteiger partial charge >= 0.3 is 0 Å². The quantitative estimate of drug-likeness (QED) is 0.769. The molecule has 0 saturated carbocycles. The van der Waals surface area contributed by atoms with Gasteiger partial charge in [0.25, 0.3) is 0 Å². The average molecular weight is 192 g/mol. The third-order valence-electron chi connectivity index (χ3n) is 1.94. The first-order chi connectivity index (χ1) is 6.88. The van der Waals surface area contributed by atoms with Crippen LogP contribution in [0.2, 0.25) is 0 Å². The maximum Gasteiger partial charge on any atom is 0.228 e. The van der Waals surface area contributed by atoms with E-state index in [0.29, 0.717) is 18.3 Å². The summed E-state index contributed by atoms with van der Waals surface area (Å²) in [5, 5.41) is 3.71. The second-order valence-electron chi connectivity index (χ2n) is 2.98. The van der Waals surface area contributed by atoms with Crippen LogP contribution in [0.3, 0.4) is 0 Å². The van der Waals surface area contributed by atoms with Crippen LogP contribution in [0.4, 0.5) is 0 Å². The first-order valence-corrected chi connectivity index (χ1v) is 4.51. The fraction of sp³-hybridized carbons (Fsp3) is 0.333. The third kappa shape index (κ3) is 2.00. The first-order valence-electron chi connectivity index (χ1n) is 4.51. The van der Waals surface area contributed by atoms with Gasteiger partial charge in [0.1, 0.15) is 0 Å². The molecule has 0 unspecified atom stereocenters. The summed E-state index contributed by atoms with van der Waals surface area (Å²) >= 11 is 0. The molecule has 5 heteroatoms. The summed E-state index contributed by atoms with van der Waals surface area (Å²) in [5.41, 5.74) is 5.36. The van der Waals surface area contributed by atoms with Crippen molar-refractivity contribution in [1.82, 2.24) is 14.7 Å². The van der Waals surface area contributed by atoms with Crippen LogP contribution in [0.1, 0.15) is 11.7 Å². The minimum Gasteiger partial charge on any atom is -0.354 e. The molecule has 0 aliphatic carbocycles. The van der Waals surface area contributed by atoms with E-state index in [1.54, 1.807) is 0 Å². The predicted octanol–water partition coefficient (Wildman–Crippen LogP) is 0.572. The van der Waals surface area contributed by atoms with Crippen LogP contribution in [0, 0.1) is 0 Å². The smallest absolute Gasteiger partial charge is 0.228 e. The second-order valence-corrected chi connectivity index (χ2v) is 2.98. The summed E-state index contributed by atoms with van der Waals surface area (Å²) in [6, 6.07) is 3.97. The van der Waals surface area contributed by atoms with Crippen LogP contribution in [0.25, 0.3) is 0 Å². The van der Waals surface area contributed by atoms with Crippen LogP contribution >= 0.6 is 0 Å². The molecule has 0 radical (unpaired) electrons. The van der Waals surface area contributed by atoms with Crippen LogP contribution < -0.4 is 5.73 Å². The first kappa shape index (κ1) is 8.96. The minimum atomic E-state index is 0.326. The van der Waals surface area contributed by atoms with Crippen molar-refractivity contribution in [2.24, 2.45) is 5.73 Å². The lowest BCUT2D eigenvalue weighted by Gasteiger charge is -1.97. The number of aromatic nitrogens is 3. The molecule has 0 atom stereocenters. The zero-order valence-corrected chi connectivity index (χ0v) is 7.76. The van der Waals surface area contributed by atoms with Gasteiger partial charge < -0.3 is 14.8 Å². The molecule has 2 N–H and O–H groups in total. The molecule has 0 aliphatic rings. The van der Waals surface area contributed by atoms with Gasteiger partial charge in [-0.3, -0.25) is 0 Å². The van der Waals surface area contributed by atoms with Crippen molar-refractivity contribution >= 4 is 0 Å². The zero-order valence-electron chi connectivity index (χ0n) is 7.76. The minimum absolute atomic E-state index is 0.326. The fourth-order valence-electron chi connectivity index (χ4n) is 1.22.